The molecule has 0 aromatic carbocycles. The van der Waals surface area contributed by atoms with Gasteiger partial charge in [-0.15, -0.1) is 12.4 Å². The third-order valence-electron chi connectivity index (χ3n) is 4.97. The van der Waals surface area contributed by atoms with Crippen molar-refractivity contribution in [3.63, 3.8) is 0 Å². The summed E-state index contributed by atoms with van der Waals surface area (Å²) < 4.78 is 0. The van der Waals surface area contributed by atoms with E-state index in [1.54, 1.807) is 0 Å². The van der Waals surface area contributed by atoms with E-state index in [9.17, 15) is 5.11 Å². The van der Waals surface area contributed by atoms with Crippen LogP contribution in [-0.2, 0) is 0 Å². The van der Waals surface area contributed by atoms with Crippen LogP contribution in [-0.4, -0.2) is 35.2 Å². The van der Waals surface area contributed by atoms with Gasteiger partial charge in [0.2, 0.25) is 0 Å². The van der Waals surface area contributed by atoms with Gasteiger partial charge in [0, 0.05) is 12.0 Å². The number of fused-ring (bicyclic) bond motifs is 2. The molecule has 3 rings (SSSR count). The second-order valence-electron chi connectivity index (χ2n) is 5.73. The Hall–Kier alpha value is 0.210. The normalized spacial score (nSPS) is 44.1. The first-order valence-electron chi connectivity index (χ1n) is 6.78. The molecule has 2 bridgehead atoms. The molecule has 1 heterocycles. The summed E-state index contributed by atoms with van der Waals surface area (Å²) in [6, 6.07) is 0.721. The highest BCUT2D eigenvalue weighted by atomic mass is 35.5. The molecular weight excluding hydrogens is 222 g/mol. The van der Waals surface area contributed by atoms with E-state index in [2.05, 4.69) is 4.90 Å². The van der Waals surface area contributed by atoms with Gasteiger partial charge >= 0.3 is 0 Å². The summed E-state index contributed by atoms with van der Waals surface area (Å²) in [5.74, 6) is 1.25. The Bertz CT molecular complexity index is 230. The molecule has 1 aliphatic heterocycles. The Morgan fingerprint density at radius 1 is 0.875 bits per heavy atom. The molecule has 3 heteroatoms. The van der Waals surface area contributed by atoms with E-state index in [-0.39, 0.29) is 18.5 Å². The van der Waals surface area contributed by atoms with Crippen LogP contribution >= 0.6 is 12.4 Å². The van der Waals surface area contributed by atoms with Gasteiger partial charge in [-0.1, -0.05) is 6.42 Å². The Kier molecular flexibility index (Phi) is 4.15. The third-order valence-corrected chi connectivity index (χ3v) is 4.97. The SMILES string of the molecule is Cl.OC1C2CCCC1C(N1CCCC1)CC2. The predicted molar refractivity (Wildman–Crippen MR) is 67.9 cm³/mol. The summed E-state index contributed by atoms with van der Waals surface area (Å²) in [4.78, 5) is 2.66. The van der Waals surface area contributed by atoms with Crippen LogP contribution in [0.15, 0.2) is 0 Å². The minimum absolute atomic E-state index is 0. The minimum atomic E-state index is 0. The molecule has 1 N–H and O–H groups in total. The van der Waals surface area contributed by atoms with Crippen molar-refractivity contribution in [3.05, 3.63) is 0 Å². The maximum atomic E-state index is 10.3. The molecule has 3 fully saturated rings. The maximum absolute atomic E-state index is 10.3. The van der Waals surface area contributed by atoms with Crippen molar-refractivity contribution in [2.45, 2.75) is 57.1 Å². The molecule has 2 nitrogen and oxygen atoms in total. The lowest BCUT2D eigenvalue weighted by atomic mass is 9.67. The van der Waals surface area contributed by atoms with Crippen LogP contribution in [0.1, 0.15) is 44.9 Å². The summed E-state index contributed by atoms with van der Waals surface area (Å²) in [6.45, 7) is 2.58. The molecule has 94 valence electrons. The molecule has 2 saturated carbocycles. The molecule has 1 saturated heterocycles. The topological polar surface area (TPSA) is 23.5 Å². The van der Waals surface area contributed by atoms with E-state index in [1.807, 2.05) is 0 Å². The van der Waals surface area contributed by atoms with Gasteiger partial charge in [-0.05, 0) is 57.5 Å². The van der Waals surface area contributed by atoms with Gasteiger partial charge in [-0.3, -0.25) is 0 Å². The van der Waals surface area contributed by atoms with E-state index in [1.165, 1.54) is 58.0 Å². The fourth-order valence-corrected chi connectivity index (χ4v) is 4.17. The first-order valence-corrected chi connectivity index (χ1v) is 6.78. The number of likely N-dealkylation sites (tertiary alicyclic amines) is 1. The first kappa shape index (κ1) is 12.7. The fraction of sp³-hybridized carbons (Fsp3) is 1.00. The van der Waals surface area contributed by atoms with Gasteiger partial charge in [0.1, 0.15) is 0 Å². The molecule has 3 aliphatic rings. The van der Waals surface area contributed by atoms with E-state index in [4.69, 9.17) is 0 Å². The van der Waals surface area contributed by atoms with Gasteiger partial charge in [0.15, 0.2) is 0 Å². The zero-order chi connectivity index (χ0) is 10.3. The zero-order valence-corrected chi connectivity index (χ0v) is 10.8. The van der Waals surface area contributed by atoms with Crippen molar-refractivity contribution in [1.82, 2.24) is 4.90 Å². The maximum Gasteiger partial charge on any atom is 0.0611 e. The van der Waals surface area contributed by atoms with Crippen molar-refractivity contribution in [1.29, 1.82) is 0 Å². The summed E-state index contributed by atoms with van der Waals surface area (Å²) in [7, 11) is 0. The second-order valence-corrected chi connectivity index (χ2v) is 5.73. The second kappa shape index (κ2) is 5.24. The molecule has 0 aromatic rings. The van der Waals surface area contributed by atoms with E-state index >= 15 is 0 Å². The van der Waals surface area contributed by atoms with E-state index < -0.39 is 0 Å². The summed E-state index contributed by atoms with van der Waals surface area (Å²) in [5.41, 5.74) is 0. The Morgan fingerprint density at radius 3 is 2.38 bits per heavy atom. The lowest BCUT2D eigenvalue weighted by molar-refractivity contribution is -0.0580. The van der Waals surface area contributed by atoms with Crippen molar-refractivity contribution < 1.29 is 5.11 Å². The number of rotatable bonds is 1. The van der Waals surface area contributed by atoms with Crippen LogP contribution in [0, 0.1) is 11.8 Å². The highest BCUT2D eigenvalue weighted by Gasteiger charge is 2.43. The van der Waals surface area contributed by atoms with Crippen molar-refractivity contribution in [2.75, 3.05) is 13.1 Å². The minimum Gasteiger partial charge on any atom is -0.392 e. The molecule has 0 spiro atoms. The number of nitrogens with zero attached hydrogens (tertiary/aromatic N) is 1. The highest BCUT2D eigenvalue weighted by Crippen LogP contribution is 2.42. The number of aliphatic hydroxyl groups excluding tert-OH is 1. The fourth-order valence-electron chi connectivity index (χ4n) is 4.17. The summed E-state index contributed by atoms with van der Waals surface area (Å²) in [6.07, 6.45) is 9.33. The molecule has 16 heavy (non-hydrogen) atoms. The van der Waals surface area contributed by atoms with Gasteiger partial charge in [0.05, 0.1) is 6.10 Å². The molecular formula is C13H24ClNO. The molecule has 0 amide bonds. The van der Waals surface area contributed by atoms with Crippen LogP contribution in [0.5, 0.6) is 0 Å². The standard InChI is InChI=1S/C13H23NO.ClH/c15-13-10-4-3-5-11(13)12(7-6-10)14-8-1-2-9-14;/h10-13,15H,1-9H2;1H. The smallest absolute Gasteiger partial charge is 0.0611 e. The lowest BCUT2D eigenvalue weighted by Crippen LogP contribution is -2.51. The van der Waals surface area contributed by atoms with Gasteiger partial charge in [0.25, 0.3) is 0 Å². The average molecular weight is 246 g/mol. The molecule has 0 aromatic heterocycles. The average Bonchev–Trinajstić information content (AvgIpc) is 2.70. The van der Waals surface area contributed by atoms with Crippen molar-refractivity contribution in [2.24, 2.45) is 11.8 Å². The molecule has 0 radical (unpaired) electrons. The monoisotopic (exact) mass is 245 g/mol. The Balaban J connectivity index is 0.000000963. The summed E-state index contributed by atoms with van der Waals surface area (Å²) >= 11 is 0. The van der Waals surface area contributed by atoms with Crippen LogP contribution in [0.2, 0.25) is 0 Å². The van der Waals surface area contributed by atoms with Crippen molar-refractivity contribution >= 4 is 12.4 Å². The number of aliphatic hydroxyl groups is 1. The largest absolute Gasteiger partial charge is 0.392 e. The van der Waals surface area contributed by atoms with E-state index in [0.717, 1.165) is 6.04 Å². The van der Waals surface area contributed by atoms with Crippen molar-refractivity contribution in [3.8, 4) is 0 Å². The summed E-state index contributed by atoms with van der Waals surface area (Å²) in [5, 5.41) is 10.3. The number of hydrogen-bond donors (Lipinski definition) is 1. The molecule has 4 unspecified atom stereocenters. The third kappa shape index (κ3) is 2.12. The number of halogens is 1. The number of hydrogen-bond acceptors (Lipinski definition) is 2. The van der Waals surface area contributed by atoms with Gasteiger partial charge in [-0.2, -0.15) is 0 Å². The quantitative estimate of drug-likeness (QED) is 0.767. The van der Waals surface area contributed by atoms with Crippen LogP contribution in [0.25, 0.3) is 0 Å². The predicted octanol–water partition coefficient (Wildman–Crippen LogP) is 2.44. The van der Waals surface area contributed by atoms with Gasteiger partial charge in [-0.25, -0.2) is 0 Å². The van der Waals surface area contributed by atoms with Crippen LogP contribution in [0.3, 0.4) is 0 Å². The molecule has 2 aliphatic carbocycles. The highest BCUT2D eigenvalue weighted by molar-refractivity contribution is 5.85. The Labute approximate surface area is 105 Å². The van der Waals surface area contributed by atoms with Crippen LogP contribution < -0.4 is 0 Å². The van der Waals surface area contributed by atoms with Gasteiger partial charge < -0.3 is 10.0 Å². The Morgan fingerprint density at radius 2 is 1.62 bits per heavy atom. The lowest BCUT2D eigenvalue weighted by Gasteiger charge is -2.47. The zero-order valence-electron chi connectivity index (χ0n) is 9.98. The van der Waals surface area contributed by atoms with E-state index in [0.29, 0.717) is 11.8 Å². The first-order chi connectivity index (χ1) is 7.36. The molecule has 4 atom stereocenters. The van der Waals surface area contributed by atoms with Crippen LogP contribution in [0.4, 0.5) is 0 Å².